The lowest BCUT2D eigenvalue weighted by Gasteiger charge is -2.10. The molecule has 0 aliphatic rings. The number of amides is 2. The third kappa shape index (κ3) is 4.19. The number of nitrogens with one attached hydrogen (secondary N) is 1. The second-order valence-corrected chi connectivity index (χ2v) is 5.24. The van der Waals surface area contributed by atoms with Crippen LogP contribution < -0.4 is 5.32 Å². The first kappa shape index (κ1) is 15.8. The van der Waals surface area contributed by atoms with Crippen LogP contribution in [0, 0.1) is 0 Å². The van der Waals surface area contributed by atoms with Gasteiger partial charge in [-0.15, -0.1) is 0 Å². The Balaban J connectivity index is 1.93. The van der Waals surface area contributed by atoms with Gasteiger partial charge in [0.2, 0.25) is 5.91 Å². The Morgan fingerprint density at radius 3 is 2.09 bits per heavy atom. The Kier molecular flexibility index (Phi) is 5.31. The molecule has 0 saturated heterocycles. The van der Waals surface area contributed by atoms with Crippen LogP contribution in [0.15, 0.2) is 54.6 Å². The average molecular weight is 296 g/mol. The van der Waals surface area contributed by atoms with Gasteiger partial charge in [-0.2, -0.15) is 0 Å². The van der Waals surface area contributed by atoms with Gasteiger partial charge in [-0.25, -0.2) is 0 Å². The average Bonchev–Trinajstić information content (AvgIpc) is 2.55. The van der Waals surface area contributed by atoms with Crippen LogP contribution in [0.3, 0.4) is 0 Å². The molecule has 0 aliphatic carbocycles. The zero-order valence-corrected chi connectivity index (χ0v) is 12.9. The first-order valence-corrected chi connectivity index (χ1v) is 7.22. The van der Waals surface area contributed by atoms with Crippen LogP contribution in [0.4, 0.5) is 0 Å². The summed E-state index contributed by atoms with van der Waals surface area (Å²) in [5.74, 6) is -0.161. The fraction of sp³-hybridized carbons (Fsp3) is 0.222. The monoisotopic (exact) mass is 296 g/mol. The van der Waals surface area contributed by atoms with Crippen LogP contribution >= 0.6 is 0 Å². The standard InChI is InChI=1S/C18H20N2O2/c1-20(2)17(21)12-13-19-18(22)16-10-8-15(9-11-16)14-6-4-3-5-7-14/h3-11H,12-13H2,1-2H3,(H,19,22). The van der Waals surface area contributed by atoms with E-state index in [1.165, 1.54) is 4.90 Å². The molecule has 0 unspecified atom stereocenters. The maximum atomic E-state index is 12.0. The van der Waals surface area contributed by atoms with Crippen LogP contribution in [0.1, 0.15) is 16.8 Å². The summed E-state index contributed by atoms with van der Waals surface area (Å²) in [6.45, 7) is 0.344. The minimum absolute atomic E-state index is 0.000254. The van der Waals surface area contributed by atoms with E-state index >= 15 is 0 Å². The molecule has 0 aromatic heterocycles. The zero-order valence-electron chi connectivity index (χ0n) is 12.9. The summed E-state index contributed by atoms with van der Waals surface area (Å²) in [4.78, 5) is 25.0. The Labute approximate surface area is 130 Å². The molecule has 0 saturated carbocycles. The lowest BCUT2D eigenvalue weighted by atomic mass is 10.0. The molecule has 2 aromatic carbocycles. The van der Waals surface area contributed by atoms with Crippen LogP contribution in [0.2, 0.25) is 0 Å². The van der Waals surface area contributed by atoms with Crippen molar-refractivity contribution >= 4 is 11.8 Å². The summed E-state index contributed by atoms with van der Waals surface area (Å²) >= 11 is 0. The molecule has 0 atom stereocenters. The Morgan fingerprint density at radius 1 is 0.909 bits per heavy atom. The summed E-state index contributed by atoms with van der Waals surface area (Å²) in [6, 6.07) is 17.4. The predicted octanol–water partition coefficient (Wildman–Crippen LogP) is 2.56. The minimum Gasteiger partial charge on any atom is -0.352 e. The van der Waals surface area contributed by atoms with Gasteiger partial charge in [0.05, 0.1) is 0 Å². The molecule has 2 aromatic rings. The van der Waals surface area contributed by atoms with Gasteiger partial charge < -0.3 is 10.2 Å². The molecule has 0 fully saturated rings. The van der Waals surface area contributed by atoms with Gasteiger partial charge in [-0.3, -0.25) is 9.59 Å². The van der Waals surface area contributed by atoms with Gasteiger partial charge >= 0.3 is 0 Å². The van der Waals surface area contributed by atoms with E-state index in [4.69, 9.17) is 0 Å². The molecule has 0 aliphatic heterocycles. The van der Waals surface area contributed by atoms with Crippen LogP contribution in [0.25, 0.3) is 11.1 Å². The highest BCUT2D eigenvalue weighted by molar-refractivity contribution is 5.94. The van der Waals surface area contributed by atoms with Crippen molar-refractivity contribution < 1.29 is 9.59 Å². The first-order valence-electron chi connectivity index (χ1n) is 7.22. The molecule has 114 valence electrons. The van der Waals surface area contributed by atoms with Gasteiger partial charge in [0.25, 0.3) is 5.91 Å². The SMILES string of the molecule is CN(C)C(=O)CCNC(=O)c1ccc(-c2ccccc2)cc1. The highest BCUT2D eigenvalue weighted by Crippen LogP contribution is 2.19. The van der Waals surface area contributed by atoms with E-state index in [0.717, 1.165) is 11.1 Å². The predicted molar refractivity (Wildman–Crippen MR) is 87.5 cm³/mol. The number of hydrogen-bond donors (Lipinski definition) is 1. The van der Waals surface area contributed by atoms with E-state index in [9.17, 15) is 9.59 Å². The second kappa shape index (κ2) is 7.41. The second-order valence-electron chi connectivity index (χ2n) is 5.24. The Morgan fingerprint density at radius 2 is 1.50 bits per heavy atom. The molecule has 0 heterocycles. The lowest BCUT2D eigenvalue weighted by Crippen LogP contribution is -2.30. The molecular formula is C18H20N2O2. The molecule has 22 heavy (non-hydrogen) atoms. The Hall–Kier alpha value is -2.62. The topological polar surface area (TPSA) is 49.4 Å². The summed E-state index contributed by atoms with van der Waals surface area (Å²) in [5, 5.41) is 2.76. The van der Waals surface area contributed by atoms with Crippen LogP contribution in [-0.4, -0.2) is 37.4 Å². The highest BCUT2D eigenvalue weighted by Gasteiger charge is 2.08. The van der Waals surface area contributed by atoms with Crippen LogP contribution in [-0.2, 0) is 4.79 Å². The third-order valence-electron chi connectivity index (χ3n) is 3.38. The van der Waals surface area contributed by atoms with Crippen molar-refractivity contribution in [2.45, 2.75) is 6.42 Å². The van der Waals surface area contributed by atoms with E-state index in [-0.39, 0.29) is 11.8 Å². The molecule has 0 bridgehead atoms. The normalized spacial score (nSPS) is 10.1. The fourth-order valence-electron chi connectivity index (χ4n) is 2.05. The summed E-state index contributed by atoms with van der Waals surface area (Å²) in [5.41, 5.74) is 2.78. The number of benzene rings is 2. The van der Waals surface area contributed by atoms with Gasteiger partial charge in [-0.1, -0.05) is 42.5 Å². The molecular weight excluding hydrogens is 276 g/mol. The third-order valence-corrected chi connectivity index (χ3v) is 3.38. The lowest BCUT2D eigenvalue weighted by molar-refractivity contribution is -0.128. The van der Waals surface area contributed by atoms with Crippen molar-refractivity contribution in [3.63, 3.8) is 0 Å². The van der Waals surface area contributed by atoms with Crippen molar-refractivity contribution in [3.8, 4) is 11.1 Å². The quantitative estimate of drug-likeness (QED) is 0.922. The van der Waals surface area contributed by atoms with Gasteiger partial charge in [0.1, 0.15) is 0 Å². The zero-order chi connectivity index (χ0) is 15.9. The number of carbonyl (C=O) groups is 2. The number of nitrogens with zero attached hydrogens (tertiary/aromatic N) is 1. The smallest absolute Gasteiger partial charge is 0.251 e. The van der Waals surface area contributed by atoms with Crippen molar-refractivity contribution in [3.05, 3.63) is 60.2 Å². The molecule has 4 heteroatoms. The van der Waals surface area contributed by atoms with E-state index in [2.05, 4.69) is 5.32 Å². The fourth-order valence-corrected chi connectivity index (χ4v) is 2.05. The first-order chi connectivity index (χ1) is 10.6. The van der Waals surface area contributed by atoms with Crippen molar-refractivity contribution in [1.82, 2.24) is 10.2 Å². The molecule has 1 N–H and O–H groups in total. The largest absolute Gasteiger partial charge is 0.352 e. The molecule has 0 spiro atoms. The summed E-state index contributed by atoms with van der Waals surface area (Å²) in [7, 11) is 3.40. The van der Waals surface area contributed by atoms with E-state index in [1.807, 2.05) is 42.5 Å². The van der Waals surface area contributed by atoms with Crippen molar-refractivity contribution in [2.75, 3.05) is 20.6 Å². The Bertz CT molecular complexity index is 634. The van der Waals surface area contributed by atoms with Gasteiger partial charge in [-0.05, 0) is 23.3 Å². The molecule has 2 rings (SSSR count). The molecule has 4 nitrogen and oxygen atoms in total. The van der Waals surface area contributed by atoms with E-state index in [1.54, 1.807) is 26.2 Å². The maximum absolute atomic E-state index is 12.0. The molecule has 0 radical (unpaired) electrons. The van der Waals surface area contributed by atoms with Crippen molar-refractivity contribution in [2.24, 2.45) is 0 Å². The van der Waals surface area contributed by atoms with Gasteiger partial charge in [0.15, 0.2) is 0 Å². The van der Waals surface area contributed by atoms with Crippen molar-refractivity contribution in [1.29, 1.82) is 0 Å². The van der Waals surface area contributed by atoms with Crippen LogP contribution in [0.5, 0.6) is 0 Å². The summed E-state index contributed by atoms with van der Waals surface area (Å²) in [6.07, 6.45) is 0.306. The molecule has 2 amide bonds. The summed E-state index contributed by atoms with van der Waals surface area (Å²) < 4.78 is 0. The van der Waals surface area contributed by atoms with E-state index in [0.29, 0.717) is 18.5 Å². The highest BCUT2D eigenvalue weighted by atomic mass is 16.2. The number of rotatable bonds is 5. The number of hydrogen-bond acceptors (Lipinski definition) is 2. The van der Waals surface area contributed by atoms with Gasteiger partial charge in [0, 0.05) is 32.6 Å². The maximum Gasteiger partial charge on any atom is 0.251 e. The van der Waals surface area contributed by atoms with E-state index < -0.39 is 0 Å². The minimum atomic E-state index is -0.161. The number of carbonyl (C=O) groups excluding carboxylic acids is 2.